The van der Waals surface area contributed by atoms with Crippen molar-refractivity contribution < 1.29 is 4.79 Å². The Morgan fingerprint density at radius 1 is 1.50 bits per heavy atom. The highest BCUT2D eigenvalue weighted by Gasteiger charge is 2.30. The van der Waals surface area contributed by atoms with Crippen molar-refractivity contribution in [3.63, 3.8) is 0 Å². The fourth-order valence-electron chi connectivity index (χ4n) is 2.15. The van der Waals surface area contributed by atoms with Crippen LogP contribution < -0.4 is 5.32 Å². The van der Waals surface area contributed by atoms with Gasteiger partial charge in [-0.05, 0) is 31.9 Å². The van der Waals surface area contributed by atoms with E-state index < -0.39 is 0 Å². The van der Waals surface area contributed by atoms with E-state index >= 15 is 0 Å². The summed E-state index contributed by atoms with van der Waals surface area (Å²) in [7, 11) is 0. The molecule has 1 aromatic heterocycles. The van der Waals surface area contributed by atoms with E-state index in [4.69, 9.17) is 11.6 Å². The molecule has 0 bridgehead atoms. The smallest absolute Gasteiger partial charge is 0.270 e. The molecule has 16 heavy (non-hydrogen) atoms. The van der Waals surface area contributed by atoms with Gasteiger partial charge in [0.1, 0.15) is 5.69 Å². The number of rotatable bonds is 2. The molecule has 4 heteroatoms. The topological polar surface area (TPSA) is 42.0 Å². The molecule has 0 saturated heterocycles. The Kier molecular flexibility index (Phi) is 3.15. The standard InChI is InChI=1S/C12H15ClN2O/c1-12(5-2-3-6-12)15-11(16)10-8-9(13)4-7-14-10/h4,7-8H,2-3,5-6H2,1H3,(H,15,16). The van der Waals surface area contributed by atoms with E-state index in [-0.39, 0.29) is 11.4 Å². The lowest BCUT2D eigenvalue weighted by molar-refractivity contribution is 0.0903. The van der Waals surface area contributed by atoms with E-state index in [1.165, 1.54) is 12.8 Å². The Hall–Kier alpha value is -1.09. The van der Waals surface area contributed by atoms with E-state index in [9.17, 15) is 4.79 Å². The molecule has 1 aliphatic rings. The summed E-state index contributed by atoms with van der Waals surface area (Å²) in [6, 6.07) is 3.25. The van der Waals surface area contributed by atoms with Gasteiger partial charge in [-0.2, -0.15) is 0 Å². The van der Waals surface area contributed by atoms with Gasteiger partial charge in [-0.25, -0.2) is 0 Å². The molecular formula is C12H15ClN2O. The summed E-state index contributed by atoms with van der Waals surface area (Å²) >= 11 is 5.82. The highest BCUT2D eigenvalue weighted by molar-refractivity contribution is 6.30. The summed E-state index contributed by atoms with van der Waals surface area (Å²) in [5.74, 6) is -0.132. The van der Waals surface area contributed by atoms with Crippen molar-refractivity contribution in [3.8, 4) is 0 Å². The molecule has 0 spiro atoms. The fraction of sp³-hybridized carbons (Fsp3) is 0.500. The summed E-state index contributed by atoms with van der Waals surface area (Å²) < 4.78 is 0. The van der Waals surface area contributed by atoms with Crippen molar-refractivity contribution in [3.05, 3.63) is 29.0 Å². The SMILES string of the molecule is CC1(NC(=O)c2cc(Cl)ccn2)CCCC1. The van der Waals surface area contributed by atoms with Crippen LogP contribution in [0.4, 0.5) is 0 Å². The average Bonchev–Trinajstić information content (AvgIpc) is 2.65. The Morgan fingerprint density at radius 2 is 2.19 bits per heavy atom. The fourth-order valence-corrected chi connectivity index (χ4v) is 2.31. The van der Waals surface area contributed by atoms with Crippen LogP contribution in [-0.2, 0) is 0 Å². The first-order chi connectivity index (χ1) is 7.59. The number of carbonyl (C=O) groups excluding carboxylic acids is 1. The highest BCUT2D eigenvalue weighted by atomic mass is 35.5. The van der Waals surface area contributed by atoms with E-state index in [1.54, 1.807) is 18.3 Å². The average molecular weight is 239 g/mol. The monoisotopic (exact) mass is 238 g/mol. The molecule has 1 saturated carbocycles. The normalized spacial score (nSPS) is 18.4. The molecule has 1 N–H and O–H groups in total. The third-order valence-corrected chi connectivity index (χ3v) is 3.31. The molecule has 1 aromatic rings. The van der Waals surface area contributed by atoms with Crippen molar-refractivity contribution in [1.82, 2.24) is 10.3 Å². The summed E-state index contributed by atoms with van der Waals surface area (Å²) in [6.45, 7) is 2.09. The zero-order chi connectivity index (χ0) is 11.6. The number of pyridine rings is 1. The first-order valence-corrected chi connectivity index (χ1v) is 5.91. The highest BCUT2D eigenvalue weighted by Crippen LogP contribution is 2.29. The number of amides is 1. The van der Waals surface area contributed by atoms with Gasteiger partial charge in [0.25, 0.3) is 5.91 Å². The van der Waals surface area contributed by atoms with E-state index in [0.29, 0.717) is 10.7 Å². The molecule has 0 aliphatic heterocycles. The van der Waals surface area contributed by atoms with Crippen LogP contribution in [0.2, 0.25) is 5.02 Å². The van der Waals surface area contributed by atoms with Crippen LogP contribution in [0.25, 0.3) is 0 Å². The molecule has 1 aliphatic carbocycles. The second-order valence-electron chi connectivity index (χ2n) is 4.58. The lowest BCUT2D eigenvalue weighted by Crippen LogP contribution is -2.43. The first-order valence-electron chi connectivity index (χ1n) is 5.53. The maximum absolute atomic E-state index is 11.9. The summed E-state index contributed by atoms with van der Waals surface area (Å²) in [4.78, 5) is 15.9. The van der Waals surface area contributed by atoms with E-state index in [0.717, 1.165) is 12.8 Å². The van der Waals surface area contributed by atoms with Crippen LogP contribution in [0.1, 0.15) is 43.1 Å². The maximum Gasteiger partial charge on any atom is 0.270 e. The molecule has 0 atom stereocenters. The minimum Gasteiger partial charge on any atom is -0.346 e. The second kappa shape index (κ2) is 4.42. The maximum atomic E-state index is 11.9. The van der Waals surface area contributed by atoms with Crippen molar-refractivity contribution in [2.45, 2.75) is 38.1 Å². The molecular weight excluding hydrogens is 224 g/mol. The first kappa shape index (κ1) is 11.4. The van der Waals surface area contributed by atoms with E-state index in [1.807, 2.05) is 0 Å². The molecule has 1 fully saturated rings. The Bertz CT molecular complexity index is 400. The summed E-state index contributed by atoms with van der Waals surface area (Å²) in [5.41, 5.74) is 0.321. The van der Waals surface area contributed by atoms with Crippen molar-refractivity contribution in [2.24, 2.45) is 0 Å². The molecule has 2 rings (SSSR count). The summed E-state index contributed by atoms with van der Waals surface area (Å²) in [6.07, 6.45) is 5.99. The van der Waals surface area contributed by atoms with Gasteiger partial charge < -0.3 is 5.32 Å². The quantitative estimate of drug-likeness (QED) is 0.861. The van der Waals surface area contributed by atoms with Crippen LogP contribution in [-0.4, -0.2) is 16.4 Å². The molecule has 3 nitrogen and oxygen atoms in total. The predicted octanol–water partition coefficient (Wildman–Crippen LogP) is 2.80. The minimum atomic E-state index is -0.132. The number of halogens is 1. The van der Waals surface area contributed by atoms with Gasteiger partial charge in [0.2, 0.25) is 0 Å². The van der Waals surface area contributed by atoms with Gasteiger partial charge in [0, 0.05) is 16.8 Å². The third-order valence-electron chi connectivity index (χ3n) is 3.08. The Labute approximate surface area is 100 Å². The molecule has 0 radical (unpaired) electrons. The number of nitrogens with zero attached hydrogens (tertiary/aromatic N) is 1. The Morgan fingerprint density at radius 3 is 2.81 bits per heavy atom. The van der Waals surface area contributed by atoms with Crippen LogP contribution in [0.15, 0.2) is 18.3 Å². The lowest BCUT2D eigenvalue weighted by Gasteiger charge is -2.24. The van der Waals surface area contributed by atoms with Crippen molar-refractivity contribution in [2.75, 3.05) is 0 Å². The number of hydrogen-bond donors (Lipinski definition) is 1. The van der Waals surface area contributed by atoms with Gasteiger partial charge in [-0.1, -0.05) is 24.4 Å². The van der Waals surface area contributed by atoms with Crippen LogP contribution >= 0.6 is 11.6 Å². The third kappa shape index (κ3) is 2.53. The number of nitrogens with one attached hydrogen (secondary N) is 1. The number of hydrogen-bond acceptors (Lipinski definition) is 2. The lowest BCUT2D eigenvalue weighted by atomic mass is 10.0. The molecule has 0 aromatic carbocycles. The minimum absolute atomic E-state index is 0.0684. The number of carbonyl (C=O) groups is 1. The zero-order valence-electron chi connectivity index (χ0n) is 9.29. The van der Waals surface area contributed by atoms with Gasteiger partial charge in [-0.3, -0.25) is 9.78 Å². The van der Waals surface area contributed by atoms with Gasteiger partial charge in [0.15, 0.2) is 0 Å². The Balaban J connectivity index is 2.08. The molecule has 0 unspecified atom stereocenters. The molecule has 86 valence electrons. The predicted molar refractivity (Wildman–Crippen MR) is 63.6 cm³/mol. The van der Waals surface area contributed by atoms with Gasteiger partial charge in [-0.15, -0.1) is 0 Å². The van der Waals surface area contributed by atoms with Crippen molar-refractivity contribution in [1.29, 1.82) is 0 Å². The molecule has 1 amide bonds. The van der Waals surface area contributed by atoms with Crippen molar-refractivity contribution >= 4 is 17.5 Å². The number of aromatic nitrogens is 1. The molecule has 1 heterocycles. The largest absolute Gasteiger partial charge is 0.346 e. The van der Waals surface area contributed by atoms with Gasteiger partial charge in [0.05, 0.1) is 0 Å². The van der Waals surface area contributed by atoms with Crippen LogP contribution in [0.5, 0.6) is 0 Å². The van der Waals surface area contributed by atoms with Crippen LogP contribution in [0, 0.1) is 0 Å². The van der Waals surface area contributed by atoms with Crippen LogP contribution in [0.3, 0.4) is 0 Å². The summed E-state index contributed by atoms with van der Waals surface area (Å²) in [5, 5.41) is 3.58. The van der Waals surface area contributed by atoms with E-state index in [2.05, 4.69) is 17.2 Å². The second-order valence-corrected chi connectivity index (χ2v) is 5.02. The zero-order valence-corrected chi connectivity index (χ0v) is 10.0. The van der Waals surface area contributed by atoms with Gasteiger partial charge >= 0.3 is 0 Å².